The first-order valence-electron chi connectivity index (χ1n) is 7.32. The third-order valence-electron chi connectivity index (χ3n) is 3.79. The third kappa shape index (κ3) is 3.61. The lowest BCUT2D eigenvalue weighted by molar-refractivity contribution is -0.151. The van der Waals surface area contributed by atoms with Gasteiger partial charge in [-0.2, -0.15) is 0 Å². The van der Waals surface area contributed by atoms with Gasteiger partial charge in [-0.1, -0.05) is 31.2 Å². The molecule has 1 fully saturated rings. The Bertz CT molecular complexity index is 530. The molecule has 1 unspecified atom stereocenters. The van der Waals surface area contributed by atoms with Gasteiger partial charge in [-0.15, -0.1) is 0 Å². The first-order valence-corrected chi connectivity index (χ1v) is 7.32. The highest BCUT2D eigenvalue weighted by Crippen LogP contribution is 2.19. The van der Waals surface area contributed by atoms with E-state index in [0.29, 0.717) is 6.54 Å². The molecule has 1 aliphatic heterocycles. The molecule has 2 amide bonds. The molecule has 1 saturated heterocycles. The maximum atomic E-state index is 12.1. The van der Waals surface area contributed by atoms with Crippen LogP contribution in [0.5, 0.6) is 0 Å². The fraction of sp³-hybridized carbons (Fsp3) is 0.500. The SMILES string of the molecule is CCCN1CC(=O)N(CC(O)c2ccccc2C)CC1=O. The van der Waals surface area contributed by atoms with Crippen LogP contribution in [0.1, 0.15) is 30.6 Å². The van der Waals surface area contributed by atoms with Gasteiger partial charge in [0.25, 0.3) is 0 Å². The number of hydrogen-bond acceptors (Lipinski definition) is 3. The highest BCUT2D eigenvalue weighted by Gasteiger charge is 2.30. The fourth-order valence-corrected chi connectivity index (χ4v) is 2.61. The quantitative estimate of drug-likeness (QED) is 0.883. The molecule has 1 aromatic rings. The summed E-state index contributed by atoms with van der Waals surface area (Å²) in [6.45, 7) is 4.85. The number of aliphatic hydroxyl groups excluding tert-OH is 1. The van der Waals surface area contributed by atoms with Gasteiger partial charge in [0, 0.05) is 6.54 Å². The Balaban J connectivity index is 2.02. The zero-order valence-corrected chi connectivity index (χ0v) is 12.6. The van der Waals surface area contributed by atoms with Gasteiger partial charge in [0.05, 0.1) is 25.7 Å². The highest BCUT2D eigenvalue weighted by molar-refractivity contribution is 5.92. The van der Waals surface area contributed by atoms with Crippen molar-refractivity contribution in [3.8, 4) is 0 Å². The number of β-amino-alcohol motifs (C(OH)–C–C–N with tert-alkyl or cyclic N) is 1. The van der Waals surface area contributed by atoms with Crippen LogP contribution in [-0.4, -0.2) is 52.9 Å². The van der Waals surface area contributed by atoms with Gasteiger partial charge in [-0.05, 0) is 24.5 Å². The summed E-state index contributed by atoms with van der Waals surface area (Å²) in [5, 5.41) is 10.3. The number of nitrogens with zero attached hydrogens (tertiary/aromatic N) is 2. The maximum absolute atomic E-state index is 12.1. The highest BCUT2D eigenvalue weighted by atomic mass is 16.3. The minimum Gasteiger partial charge on any atom is -0.387 e. The van der Waals surface area contributed by atoms with E-state index in [4.69, 9.17) is 0 Å². The minimum atomic E-state index is -0.763. The first kappa shape index (κ1) is 15.5. The van der Waals surface area contributed by atoms with E-state index in [2.05, 4.69) is 0 Å². The van der Waals surface area contributed by atoms with E-state index in [-0.39, 0.29) is 31.4 Å². The monoisotopic (exact) mass is 290 g/mol. The number of piperazine rings is 1. The summed E-state index contributed by atoms with van der Waals surface area (Å²) in [7, 11) is 0. The van der Waals surface area contributed by atoms with Crippen molar-refractivity contribution in [2.24, 2.45) is 0 Å². The second-order valence-corrected chi connectivity index (χ2v) is 5.46. The number of rotatable bonds is 5. The summed E-state index contributed by atoms with van der Waals surface area (Å²) < 4.78 is 0. The van der Waals surface area contributed by atoms with Crippen LogP contribution >= 0.6 is 0 Å². The number of carbonyl (C=O) groups excluding carboxylic acids is 2. The molecule has 114 valence electrons. The predicted molar refractivity (Wildman–Crippen MR) is 79.6 cm³/mol. The standard InChI is InChI=1S/C16H22N2O3/c1-3-8-17-10-16(21)18(11-15(17)20)9-14(19)13-7-5-4-6-12(13)2/h4-7,14,19H,3,8-11H2,1-2H3. The molecule has 1 N–H and O–H groups in total. The van der Waals surface area contributed by atoms with Crippen LogP contribution in [0.25, 0.3) is 0 Å². The molecule has 1 aliphatic rings. The first-order chi connectivity index (χ1) is 10.0. The van der Waals surface area contributed by atoms with Gasteiger partial charge in [0.2, 0.25) is 11.8 Å². The van der Waals surface area contributed by atoms with Crippen molar-refractivity contribution in [3.05, 3.63) is 35.4 Å². The van der Waals surface area contributed by atoms with E-state index in [1.54, 1.807) is 4.90 Å². The number of hydrogen-bond donors (Lipinski definition) is 1. The summed E-state index contributed by atoms with van der Waals surface area (Å²) in [6, 6.07) is 7.53. The van der Waals surface area contributed by atoms with Crippen LogP contribution < -0.4 is 0 Å². The van der Waals surface area contributed by atoms with Gasteiger partial charge >= 0.3 is 0 Å². The van der Waals surface area contributed by atoms with Gasteiger partial charge in [-0.3, -0.25) is 9.59 Å². The Labute approximate surface area is 125 Å². The molecular formula is C16H22N2O3. The summed E-state index contributed by atoms with van der Waals surface area (Å²) >= 11 is 0. The molecule has 21 heavy (non-hydrogen) atoms. The second-order valence-electron chi connectivity index (χ2n) is 5.46. The molecule has 1 heterocycles. The molecule has 1 atom stereocenters. The third-order valence-corrected chi connectivity index (χ3v) is 3.79. The molecule has 0 spiro atoms. The van der Waals surface area contributed by atoms with E-state index in [9.17, 15) is 14.7 Å². The molecule has 0 radical (unpaired) electrons. The molecule has 0 aromatic heterocycles. The van der Waals surface area contributed by atoms with Gasteiger partial charge < -0.3 is 14.9 Å². The van der Waals surface area contributed by atoms with Crippen molar-refractivity contribution in [1.82, 2.24) is 9.80 Å². The van der Waals surface area contributed by atoms with Crippen molar-refractivity contribution in [2.45, 2.75) is 26.4 Å². The fourth-order valence-electron chi connectivity index (χ4n) is 2.61. The lowest BCUT2D eigenvalue weighted by atomic mass is 10.0. The van der Waals surface area contributed by atoms with Crippen molar-refractivity contribution in [3.63, 3.8) is 0 Å². The molecule has 5 nitrogen and oxygen atoms in total. The smallest absolute Gasteiger partial charge is 0.242 e. The topological polar surface area (TPSA) is 60.9 Å². The van der Waals surface area contributed by atoms with Crippen LogP contribution in [0, 0.1) is 6.92 Å². The van der Waals surface area contributed by atoms with Crippen LogP contribution in [-0.2, 0) is 9.59 Å². The summed E-state index contributed by atoms with van der Waals surface area (Å²) in [4.78, 5) is 27.1. The largest absolute Gasteiger partial charge is 0.387 e. The normalized spacial score (nSPS) is 17.3. The Hall–Kier alpha value is -1.88. The second kappa shape index (κ2) is 6.72. The molecule has 2 rings (SSSR count). The Morgan fingerprint density at radius 3 is 2.43 bits per heavy atom. The van der Waals surface area contributed by atoms with Crippen LogP contribution in [0.15, 0.2) is 24.3 Å². The minimum absolute atomic E-state index is 0.0477. The van der Waals surface area contributed by atoms with Crippen molar-refractivity contribution in [1.29, 1.82) is 0 Å². The van der Waals surface area contributed by atoms with Gasteiger partial charge in [0.15, 0.2) is 0 Å². The maximum Gasteiger partial charge on any atom is 0.242 e. The van der Waals surface area contributed by atoms with Crippen LogP contribution in [0.3, 0.4) is 0 Å². The van der Waals surface area contributed by atoms with Crippen LogP contribution in [0.2, 0.25) is 0 Å². The van der Waals surface area contributed by atoms with Gasteiger partial charge in [-0.25, -0.2) is 0 Å². The summed E-state index contributed by atoms with van der Waals surface area (Å²) in [5.41, 5.74) is 1.78. The van der Waals surface area contributed by atoms with E-state index < -0.39 is 6.10 Å². The summed E-state index contributed by atoms with van der Waals surface area (Å²) in [6.07, 6.45) is 0.0749. The summed E-state index contributed by atoms with van der Waals surface area (Å²) in [5.74, 6) is -0.149. The molecule has 0 bridgehead atoms. The van der Waals surface area contributed by atoms with Crippen molar-refractivity contribution < 1.29 is 14.7 Å². The van der Waals surface area contributed by atoms with E-state index in [1.807, 2.05) is 38.1 Å². The zero-order chi connectivity index (χ0) is 15.4. The lowest BCUT2D eigenvalue weighted by Crippen LogP contribution is -2.54. The van der Waals surface area contributed by atoms with Crippen molar-refractivity contribution in [2.75, 3.05) is 26.2 Å². The van der Waals surface area contributed by atoms with E-state index in [0.717, 1.165) is 17.5 Å². The van der Waals surface area contributed by atoms with Crippen molar-refractivity contribution >= 4 is 11.8 Å². The molecular weight excluding hydrogens is 268 g/mol. The number of carbonyl (C=O) groups is 2. The van der Waals surface area contributed by atoms with Crippen LogP contribution in [0.4, 0.5) is 0 Å². The number of aryl methyl sites for hydroxylation is 1. The average molecular weight is 290 g/mol. The average Bonchev–Trinajstić information content (AvgIpc) is 2.45. The Morgan fingerprint density at radius 2 is 1.76 bits per heavy atom. The van der Waals surface area contributed by atoms with Gasteiger partial charge in [0.1, 0.15) is 0 Å². The molecule has 1 aromatic carbocycles. The number of benzene rings is 1. The Morgan fingerprint density at radius 1 is 1.14 bits per heavy atom. The zero-order valence-electron chi connectivity index (χ0n) is 12.6. The number of amides is 2. The van der Waals surface area contributed by atoms with E-state index in [1.165, 1.54) is 4.90 Å². The molecule has 0 aliphatic carbocycles. The lowest BCUT2D eigenvalue weighted by Gasteiger charge is -2.35. The molecule has 0 saturated carbocycles. The molecule has 5 heteroatoms. The number of aliphatic hydroxyl groups is 1. The predicted octanol–water partition coefficient (Wildman–Crippen LogP) is 1.11. The van der Waals surface area contributed by atoms with E-state index >= 15 is 0 Å². The Kier molecular flexibility index (Phi) is 4.96.